The second-order valence-electron chi connectivity index (χ2n) is 7.31. The van der Waals surface area contributed by atoms with E-state index in [0.717, 1.165) is 17.9 Å². The number of hydrogen-bond donors (Lipinski definition) is 0. The van der Waals surface area contributed by atoms with Crippen molar-refractivity contribution >= 4 is 0 Å². The van der Waals surface area contributed by atoms with Gasteiger partial charge in [-0.05, 0) is 35.6 Å². The predicted molar refractivity (Wildman–Crippen MR) is 90.1 cm³/mol. The van der Waals surface area contributed by atoms with Gasteiger partial charge in [-0.3, -0.25) is 0 Å². The van der Waals surface area contributed by atoms with E-state index in [2.05, 4.69) is 77.9 Å². The van der Waals surface area contributed by atoms with Gasteiger partial charge in [-0.2, -0.15) is 0 Å². The van der Waals surface area contributed by atoms with Crippen LogP contribution in [0.1, 0.15) is 76.0 Å². The zero-order chi connectivity index (χ0) is 15.6. The summed E-state index contributed by atoms with van der Waals surface area (Å²) in [4.78, 5) is 0. The van der Waals surface area contributed by atoms with E-state index in [1.54, 1.807) is 0 Å². The van der Waals surface area contributed by atoms with E-state index in [1.165, 1.54) is 11.1 Å². The summed E-state index contributed by atoms with van der Waals surface area (Å²) in [5.74, 6) is 3.19. The smallest absolute Gasteiger partial charge is 0.110 e. The highest BCUT2D eigenvalue weighted by atomic mass is 16.3. The first-order valence-electron chi connectivity index (χ1n) is 7.98. The average molecular weight is 284 g/mol. The third-order valence-corrected chi connectivity index (χ3v) is 4.16. The van der Waals surface area contributed by atoms with Gasteiger partial charge in [-0.1, -0.05) is 65.8 Å². The normalized spacial score (nSPS) is 12.4. The molecule has 2 aromatic rings. The lowest BCUT2D eigenvalue weighted by Gasteiger charge is -2.22. The molecule has 0 N–H and O–H groups in total. The third kappa shape index (κ3) is 3.78. The Labute approximate surface area is 129 Å². The number of rotatable bonds is 5. The molecule has 1 heterocycles. The summed E-state index contributed by atoms with van der Waals surface area (Å²) in [5.41, 5.74) is 2.79. The number of hydrogen-bond acceptors (Lipinski definition) is 1. The molecule has 0 unspecified atom stereocenters. The van der Waals surface area contributed by atoms with Crippen molar-refractivity contribution in [3.8, 4) is 0 Å². The van der Waals surface area contributed by atoms with Crippen LogP contribution in [-0.4, -0.2) is 0 Å². The highest BCUT2D eigenvalue weighted by Gasteiger charge is 2.25. The molecule has 1 heteroatoms. The molecule has 114 valence electrons. The van der Waals surface area contributed by atoms with Gasteiger partial charge >= 0.3 is 0 Å². The SMILES string of the molecule is CC(C)c1ccc(CC(C)(C)c2ccc(C(C)C)o2)cc1. The molecular weight excluding hydrogens is 256 g/mol. The fourth-order valence-corrected chi connectivity index (χ4v) is 2.64. The van der Waals surface area contributed by atoms with Crippen molar-refractivity contribution in [1.82, 2.24) is 0 Å². The van der Waals surface area contributed by atoms with Gasteiger partial charge in [0.1, 0.15) is 11.5 Å². The second kappa shape index (κ2) is 6.09. The van der Waals surface area contributed by atoms with Crippen molar-refractivity contribution in [2.24, 2.45) is 0 Å². The molecule has 0 aliphatic heterocycles. The first-order chi connectivity index (χ1) is 9.79. The lowest BCUT2D eigenvalue weighted by molar-refractivity contribution is 0.357. The summed E-state index contributed by atoms with van der Waals surface area (Å²) in [6.07, 6.45) is 0.996. The van der Waals surface area contributed by atoms with Crippen molar-refractivity contribution in [2.75, 3.05) is 0 Å². The van der Waals surface area contributed by atoms with Gasteiger partial charge in [0.2, 0.25) is 0 Å². The Morgan fingerprint density at radius 1 is 0.857 bits per heavy atom. The lowest BCUT2D eigenvalue weighted by atomic mass is 9.83. The Hall–Kier alpha value is -1.50. The molecule has 1 nitrogen and oxygen atoms in total. The number of benzene rings is 1. The first kappa shape index (κ1) is 15.9. The zero-order valence-corrected chi connectivity index (χ0v) is 14.2. The van der Waals surface area contributed by atoms with Gasteiger partial charge in [0, 0.05) is 11.3 Å². The first-order valence-corrected chi connectivity index (χ1v) is 7.98. The van der Waals surface area contributed by atoms with Crippen LogP contribution in [0.15, 0.2) is 40.8 Å². The molecule has 0 radical (unpaired) electrons. The molecule has 0 atom stereocenters. The Kier molecular flexibility index (Phi) is 4.61. The molecule has 0 saturated heterocycles. The highest BCUT2D eigenvalue weighted by molar-refractivity contribution is 5.28. The van der Waals surface area contributed by atoms with Crippen LogP contribution in [0.25, 0.3) is 0 Å². The van der Waals surface area contributed by atoms with Crippen molar-refractivity contribution in [2.45, 2.75) is 65.2 Å². The molecule has 0 aliphatic carbocycles. The van der Waals surface area contributed by atoms with Crippen LogP contribution in [0, 0.1) is 0 Å². The Balaban J connectivity index is 2.15. The van der Waals surface area contributed by atoms with Crippen molar-refractivity contribution in [1.29, 1.82) is 0 Å². The van der Waals surface area contributed by atoms with Gasteiger partial charge in [0.25, 0.3) is 0 Å². The summed E-state index contributed by atoms with van der Waals surface area (Å²) in [6, 6.07) is 13.3. The molecule has 1 aromatic carbocycles. The summed E-state index contributed by atoms with van der Waals surface area (Å²) < 4.78 is 6.04. The van der Waals surface area contributed by atoms with E-state index in [-0.39, 0.29) is 5.41 Å². The third-order valence-electron chi connectivity index (χ3n) is 4.16. The van der Waals surface area contributed by atoms with Crippen molar-refractivity contribution < 1.29 is 4.42 Å². The highest BCUT2D eigenvalue weighted by Crippen LogP contribution is 2.31. The topological polar surface area (TPSA) is 13.1 Å². The van der Waals surface area contributed by atoms with Gasteiger partial charge in [-0.25, -0.2) is 0 Å². The minimum absolute atomic E-state index is 0.0203. The summed E-state index contributed by atoms with van der Waals surface area (Å²) in [5, 5.41) is 0. The van der Waals surface area contributed by atoms with Crippen LogP contribution in [-0.2, 0) is 11.8 Å². The minimum Gasteiger partial charge on any atom is -0.465 e. The Bertz CT molecular complexity index is 570. The maximum atomic E-state index is 6.04. The van der Waals surface area contributed by atoms with E-state index >= 15 is 0 Å². The molecule has 1 aromatic heterocycles. The molecule has 0 saturated carbocycles. The monoisotopic (exact) mass is 284 g/mol. The van der Waals surface area contributed by atoms with E-state index < -0.39 is 0 Å². The predicted octanol–water partition coefficient (Wildman–Crippen LogP) is 6.05. The van der Waals surface area contributed by atoms with Gasteiger partial charge in [0.15, 0.2) is 0 Å². The van der Waals surface area contributed by atoms with Gasteiger partial charge in [-0.15, -0.1) is 0 Å². The zero-order valence-electron chi connectivity index (χ0n) is 14.2. The second-order valence-corrected chi connectivity index (χ2v) is 7.31. The van der Waals surface area contributed by atoms with E-state index in [1.807, 2.05) is 0 Å². The number of furan rings is 1. The fraction of sp³-hybridized carbons (Fsp3) is 0.500. The molecule has 0 aliphatic rings. The molecular formula is C20H28O. The van der Waals surface area contributed by atoms with Crippen molar-refractivity contribution in [3.05, 3.63) is 59.0 Å². The van der Waals surface area contributed by atoms with Gasteiger partial charge in [0.05, 0.1) is 0 Å². The summed E-state index contributed by atoms with van der Waals surface area (Å²) in [7, 11) is 0. The molecule has 0 fully saturated rings. The molecule has 0 spiro atoms. The summed E-state index contributed by atoms with van der Waals surface area (Å²) >= 11 is 0. The Morgan fingerprint density at radius 2 is 1.48 bits per heavy atom. The van der Waals surface area contributed by atoms with E-state index in [4.69, 9.17) is 4.42 Å². The lowest BCUT2D eigenvalue weighted by Crippen LogP contribution is -2.19. The average Bonchev–Trinajstić information content (AvgIpc) is 2.89. The fourth-order valence-electron chi connectivity index (χ4n) is 2.64. The van der Waals surface area contributed by atoms with Crippen LogP contribution >= 0.6 is 0 Å². The van der Waals surface area contributed by atoms with Crippen LogP contribution in [0.5, 0.6) is 0 Å². The van der Waals surface area contributed by atoms with Gasteiger partial charge < -0.3 is 4.42 Å². The standard InChI is InChI=1S/C20H28O/c1-14(2)17-9-7-16(8-10-17)13-20(5,6)19-12-11-18(21-19)15(3)4/h7-12,14-15H,13H2,1-6H3. The van der Waals surface area contributed by atoms with Crippen LogP contribution < -0.4 is 0 Å². The van der Waals surface area contributed by atoms with Crippen molar-refractivity contribution in [3.63, 3.8) is 0 Å². The molecule has 2 rings (SSSR count). The van der Waals surface area contributed by atoms with Crippen LogP contribution in [0.3, 0.4) is 0 Å². The molecule has 21 heavy (non-hydrogen) atoms. The van der Waals surface area contributed by atoms with Crippen LogP contribution in [0.2, 0.25) is 0 Å². The van der Waals surface area contributed by atoms with Crippen LogP contribution in [0.4, 0.5) is 0 Å². The summed E-state index contributed by atoms with van der Waals surface area (Å²) in [6.45, 7) is 13.3. The van der Waals surface area contributed by atoms with E-state index in [0.29, 0.717) is 11.8 Å². The minimum atomic E-state index is 0.0203. The molecule has 0 bridgehead atoms. The maximum Gasteiger partial charge on any atom is 0.110 e. The molecule has 0 amide bonds. The maximum absolute atomic E-state index is 6.04. The van der Waals surface area contributed by atoms with E-state index in [9.17, 15) is 0 Å². The largest absolute Gasteiger partial charge is 0.465 e. The Morgan fingerprint density at radius 3 is 1.95 bits per heavy atom. The quantitative estimate of drug-likeness (QED) is 0.651.